The molecule has 0 aromatic heterocycles. The highest BCUT2D eigenvalue weighted by Gasteiger charge is 2.23. The van der Waals surface area contributed by atoms with E-state index in [1.54, 1.807) is 0 Å². The van der Waals surface area contributed by atoms with Crippen LogP contribution in [-0.4, -0.2) is 31.1 Å². The SMILES string of the molecule is CCCCC(NC(=O)C(C)Nc1cc(F)cc(F)c1)C(=O)OC. The number of halogens is 2. The lowest BCUT2D eigenvalue weighted by atomic mass is 10.1. The molecule has 0 bridgehead atoms. The van der Waals surface area contributed by atoms with E-state index in [2.05, 4.69) is 15.4 Å². The van der Waals surface area contributed by atoms with Crippen LogP contribution in [0.15, 0.2) is 18.2 Å². The van der Waals surface area contributed by atoms with Crippen LogP contribution < -0.4 is 10.6 Å². The van der Waals surface area contributed by atoms with Crippen molar-refractivity contribution in [2.75, 3.05) is 12.4 Å². The van der Waals surface area contributed by atoms with E-state index in [4.69, 9.17) is 0 Å². The van der Waals surface area contributed by atoms with Gasteiger partial charge in [0, 0.05) is 11.8 Å². The largest absolute Gasteiger partial charge is 0.467 e. The summed E-state index contributed by atoms with van der Waals surface area (Å²) in [7, 11) is 1.25. The van der Waals surface area contributed by atoms with Crippen molar-refractivity contribution < 1.29 is 23.1 Å². The minimum atomic E-state index is -0.773. The zero-order chi connectivity index (χ0) is 17.4. The van der Waals surface area contributed by atoms with Crippen LogP contribution in [-0.2, 0) is 14.3 Å². The second-order valence-electron chi connectivity index (χ2n) is 5.25. The summed E-state index contributed by atoms with van der Waals surface area (Å²) in [5.41, 5.74) is 0.147. The summed E-state index contributed by atoms with van der Waals surface area (Å²) in [5, 5.41) is 5.29. The van der Waals surface area contributed by atoms with Crippen LogP contribution in [0.1, 0.15) is 33.1 Å². The number of amides is 1. The third-order valence-electron chi connectivity index (χ3n) is 3.29. The molecule has 1 amide bonds. The summed E-state index contributed by atoms with van der Waals surface area (Å²) in [5.74, 6) is -2.46. The van der Waals surface area contributed by atoms with Crippen LogP contribution in [0.2, 0.25) is 0 Å². The van der Waals surface area contributed by atoms with E-state index in [0.29, 0.717) is 6.42 Å². The van der Waals surface area contributed by atoms with Crippen molar-refractivity contribution in [2.24, 2.45) is 0 Å². The second kappa shape index (κ2) is 9.07. The second-order valence-corrected chi connectivity index (χ2v) is 5.25. The summed E-state index contributed by atoms with van der Waals surface area (Å²) >= 11 is 0. The van der Waals surface area contributed by atoms with Gasteiger partial charge in [0.1, 0.15) is 23.7 Å². The van der Waals surface area contributed by atoms with Gasteiger partial charge in [0.05, 0.1) is 7.11 Å². The highest BCUT2D eigenvalue weighted by atomic mass is 19.1. The number of benzene rings is 1. The topological polar surface area (TPSA) is 67.4 Å². The average molecular weight is 328 g/mol. The Bertz CT molecular complexity index is 532. The number of ether oxygens (including phenoxy) is 1. The molecule has 128 valence electrons. The predicted molar refractivity (Wildman–Crippen MR) is 82.9 cm³/mol. The van der Waals surface area contributed by atoms with Gasteiger partial charge in [-0.3, -0.25) is 4.79 Å². The van der Waals surface area contributed by atoms with Gasteiger partial charge in [-0.2, -0.15) is 0 Å². The predicted octanol–water partition coefficient (Wildman–Crippen LogP) is 2.61. The first-order valence-electron chi connectivity index (χ1n) is 7.48. The highest BCUT2D eigenvalue weighted by molar-refractivity contribution is 5.88. The number of esters is 1. The van der Waals surface area contributed by atoms with E-state index in [0.717, 1.165) is 31.0 Å². The van der Waals surface area contributed by atoms with Gasteiger partial charge in [-0.25, -0.2) is 13.6 Å². The molecule has 0 aliphatic heterocycles. The lowest BCUT2D eigenvalue weighted by Gasteiger charge is -2.20. The Morgan fingerprint density at radius 1 is 1.22 bits per heavy atom. The molecule has 0 radical (unpaired) electrons. The first kappa shape index (κ1) is 18.9. The Kier molecular flexibility index (Phi) is 7.44. The number of methoxy groups -OCH3 is 1. The quantitative estimate of drug-likeness (QED) is 0.720. The third-order valence-corrected chi connectivity index (χ3v) is 3.29. The lowest BCUT2D eigenvalue weighted by Crippen LogP contribution is -2.47. The number of anilines is 1. The summed E-state index contributed by atoms with van der Waals surface area (Å²) in [6, 6.07) is 1.41. The molecule has 1 aromatic carbocycles. The van der Waals surface area contributed by atoms with Gasteiger partial charge in [0.25, 0.3) is 0 Å². The molecule has 0 aliphatic carbocycles. The molecule has 1 rings (SSSR count). The van der Waals surface area contributed by atoms with Crippen molar-refractivity contribution in [3.05, 3.63) is 29.8 Å². The lowest BCUT2D eigenvalue weighted by molar-refractivity contribution is -0.145. The molecule has 2 unspecified atom stereocenters. The molecule has 0 fully saturated rings. The fraction of sp³-hybridized carbons (Fsp3) is 0.500. The number of hydrogen-bond acceptors (Lipinski definition) is 4. The maximum atomic E-state index is 13.1. The molecular weight excluding hydrogens is 306 g/mol. The maximum absolute atomic E-state index is 13.1. The third kappa shape index (κ3) is 6.22. The number of rotatable bonds is 8. The van der Waals surface area contributed by atoms with E-state index in [9.17, 15) is 18.4 Å². The van der Waals surface area contributed by atoms with Crippen LogP contribution >= 0.6 is 0 Å². The molecule has 0 saturated carbocycles. The van der Waals surface area contributed by atoms with Gasteiger partial charge < -0.3 is 15.4 Å². The van der Waals surface area contributed by atoms with Crippen LogP contribution in [0.4, 0.5) is 14.5 Å². The van der Waals surface area contributed by atoms with Crippen molar-refractivity contribution in [2.45, 2.75) is 45.2 Å². The summed E-state index contributed by atoms with van der Waals surface area (Å²) in [4.78, 5) is 23.8. The molecule has 7 heteroatoms. The summed E-state index contributed by atoms with van der Waals surface area (Å²) < 4.78 is 30.9. The zero-order valence-corrected chi connectivity index (χ0v) is 13.5. The Morgan fingerprint density at radius 2 is 1.83 bits per heavy atom. The van der Waals surface area contributed by atoms with Crippen LogP contribution in [0.25, 0.3) is 0 Å². The molecule has 5 nitrogen and oxygen atoms in total. The molecule has 2 N–H and O–H groups in total. The molecule has 2 atom stereocenters. The molecule has 0 spiro atoms. The highest BCUT2D eigenvalue weighted by Crippen LogP contribution is 2.14. The van der Waals surface area contributed by atoms with Crippen molar-refractivity contribution in [1.29, 1.82) is 0 Å². The van der Waals surface area contributed by atoms with Crippen molar-refractivity contribution in [3.63, 3.8) is 0 Å². The number of nitrogens with one attached hydrogen (secondary N) is 2. The average Bonchev–Trinajstić information content (AvgIpc) is 2.49. The zero-order valence-electron chi connectivity index (χ0n) is 13.5. The molecule has 23 heavy (non-hydrogen) atoms. The summed E-state index contributed by atoms with van der Waals surface area (Å²) in [6.07, 6.45) is 2.10. The van der Waals surface area contributed by atoms with Gasteiger partial charge in [-0.1, -0.05) is 19.8 Å². The van der Waals surface area contributed by atoms with E-state index in [1.807, 2.05) is 6.92 Å². The first-order chi connectivity index (χ1) is 10.9. The fourth-order valence-corrected chi connectivity index (χ4v) is 2.05. The first-order valence-corrected chi connectivity index (χ1v) is 7.48. The molecule has 0 aliphatic rings. The fourth-order valence-electron chi connectivity index (χ4n) is 2.05. The van der Waals surface area contributed by atoms with Gasteiger partial charge in [0.2, 0.25) is 5.91 Å². The van der Waals surface area contributed by atoms with E-state index >= 15 is 0 Å². The Balaban J connectivity index is 2.68. The van der Waals surface area contributed by atoms with E-state index < -0.39 is 35.6 Å². The Morgan fingerprint density at radius 3 is 2.35 bits per heavy atom. The smallest absolute Gasteiger partial charge is 0.328 e. The molecule has 1 aromatic rings. The monoisotopic (exact) mass is 328 g/mol. The number of unbranched alkanes of at least 4 members (excludes halogenated alkanes) is 1. The Labute approximate surface area is 134 Å². The van der Waals surface area contributed by atoms with E-state index in [-0.39, 0.29) is 5.69 Å². The van der Waals surface area contributed by atoms with Gasteiger partial charge in [-0.05, 0) is 25.5 Å². The maximum Gasteiger partial charge on any atom is 0.328 e. The molecule has 0 saturated heterocycles. The normalized spacial score (nSPS) is 13.1. The van der Waals surface area contributed by atoms with Gasteiger partial charge in [0.15, 0.2) is 0 Å². The van der Waals surface area contributed by atoms with Gasteiger partial charge in [-0.15, -0.1) is 0 Å². The number of carbonyl (C=O) groups excluding carboxylic acids is 2. The summed E-state index contributed by atoms with van der Waals surface area (Å²) in [6.45, 7) is 3.51. The van der Waals surface area contributed by atoms with Crippen LogP contribution in [0.3, 0.4) is 0 Å². The minimum absolute atomic E-state index is 0.147. The standard InChI is InChI=1S/C16H22F2N2O3/c1-4-5-6-14(16(22)23-3)20-15(21)10(2)19-13-8-11(17)7-12(18)9-13/h7-10,14,19H,4-6H2,1-3H3,(H,20,21). The minimum Gasteiger partial charge on any atom is -0.467 e. The Hall–Kier alpha value is -2.18. The van der Waals surface area contributed by atoms with Crippen molar-refractivity contribution >= 4 is 17.6 Å². The molecule has 0 heterocycles. The molecular formula is C16H22F2N2O3. The van der Waals surface area contributed by atoms with Crippen LogP contribution in [0, 0.1) is 11.6 Å². The van der Waals surface area contributed by atoms with Crippen molar-refractivity contribution in [1.82, 2.24) is 5.32 Å². The van der Waals surface area contributed by atoms with E-state index in [1.165, 1.54) is 14.0 Å². The van der Waals surface area contributed by atoms with Crippen molar-refractivity contribution in [3.8, 4) is 0 Å². The number of hydrogen-bond donors (Lipinski definition) is 2. The van der Waals surface area contributed by atoms with Gasteiger partial charge >= 0.3 is 5.97 Å². The van der Waals surface area contributed by atoms with Crippen LogP contribution in [0.5, 0.6) is 0 Å². The number of carbonyl (C=O) groups is 2.